The zero-order chi connectivity index (χ0) is 19.2. The van der Waals surface area contributed by atoms with Crippen LogP contribution in [-0.2, 0) is 4.74 Å². The number of amides is 1. The first kappa shape index (κ1) is 18.9. The summed E-state index contributed by atoms with van der Waals surface area (Å²) in [6.45, 7) is 7.01. The Morgan fingerprint density at radius 1 is 1.22 bits per heavy atom. The Kier molecular flexibility index (Phi) is 6.08. The van der Waals surface area contributed by atoms with E-state index < -0.39 is 0 Å². The second-order valence-electron chi connectivity index (χ2n) is 6.61. The molecule has 0 atom stereocenters. The molecule has 0 saturated heterocycles. The van der Waals surface area contributed by atoms with E-state index in [0.29, 0.717) is 30.2 Å². The van der Waals surface area contributed by atoms with E-state index in [1.54, 1.807) is 10.9 Å². The molecule has 0 aliphatic rings. The van der Waals surface area contributed by atoms with E-state index >= 15 is 0 Å². The molecule has 0 saturated carbocycles. The molecule has 2 aromatic heterocycles. The van der Waals surface area contributed by atoms with Crippen molar-refractivity contribution in [1.29, 1.82) is 0 Å². The van der Waals surface area contributed by atoms with Crippen molar-refractivity contribution in [3.63, 3.8) is 0 Å². The molecular formula is C21H25N3O3. The van der Waals surface area contributed by atoms with Crippen molar-refractivity contribution in [3.8, 4) is 17.1 Å². The Morgan fingerprint density at radius 2 is 2.00 bits per heavy atom. The van der Waals surface area contributed by atoms with Gasteiger partial charge in [0.15, 0.2) is 5.76 Å². The van der Waals surface area contributed by atoms with Crippen molar-refractivity contribution in [1.82, 2.24) is 15.1 Å². The van der Waals surface area contributed by atoms with Crippen LogP contribution in [0.25, 0.3) is 17.1 Å². The normalized spacial score (nSPS) is 11.1. The second-order valence-corrected chi connectivity index (χ2v) is 6.61. The van der Waals surface area contributed by atoms with Crippen molar-refractivity contribution >= 4 is 5.91 Å². The number of carbonyl (C=O) groups excluding carboxylic acids is 1. The van der Waals surface area contributed by atoms with Crippen molar-refractivity contribution in [2.24, 2.45) is 0 Å². The summed E-state index contributed by atoms with van der Waals surface area (Å²) in [7, 11) is 0. The van der Waals surface area contributed by atoms with Crippen LogP contribution in [0.2, 0.25) is 0 Å². The minimum Gasteiger partial charge on any atom is -0.460 e. The van der Waals surface area contributed by atoms with E-state index in [0.717, 1.165) is 17.9 Å². The fraction of sp³-hybridized carbons (Fsp3) is 0.333. The van der Waals surface area contributed by atoms with Gasteiger partial charge in [0, 0.05) is 19.3 Å². The minimum atomic E-state index is -0.175. The maximum atomic E-state index is 12.7. The van der Waals surface area contributed by atoms with Gasteiger partial charge in [-0.1, -0.05) is 18.2 Å². The number of aryl methyl sites for hydroxylation is 1. The van der Waals surface area contributed by atoms with E-state index in [2.05, 4.69) is 10.4 Å². The van der Waals surface area contributed by atoms with Gasteiger partial charge in [-0.05, 0) is 51.5 Å². The van der Waals surface area contributed by atoms with Crippen LogP contribution in [0.4, 0.5) is 0 Å². The number of para-hydroxylation sites is 1. The summed E-state index contributed by atoms with van der Waals surface area (Å²) in [5.74, 6) is 1.18. The third-order valence-corrected chi connectivity index (χ3v) is 4.01. The van der Waals surface area contributed by atoms with Crippen LogP contribution in [0.5, 0.6) is 0 Å². The first-order valence-electron chi connectivity index (χ1n) is 9.16. The van der Waals surface area contributed by atoms with Gasteiger partial charge in [0.2, 0.25) is 0 Å². The lowest BCUT2D eigenvalue weighted by Crippen LogP contribution is -2.25. The van der Waals surface area contributed by atoms with Crippen LogP contribution in [0.15, 0.2) is 53.1 Å². The zero-order valence-electron chi connectivity index (χ0n) is 15.9. The average Bonchev–Trinajstić information content (AvgIpc) is 3.28. The summed E-state index contributed by atoms with van der Waals surface area (Å²) in [5.41, 5.74) is 1.90. The lowest BCUT2D eigenvalue weighted by Gasteiger charge is -2.08. The third-order valence-electron chi connectivity index (χ3n) is 4.01. The van der Waals surface area contributed by atoms with Crippen LogP contribution in [0.3, 0.4) is 0 Å². The number of nitrogens with zero attached hydrogens (tertiary/aromatic N) is 2. The largest absolute Gasteiger partial charge is 0.460 e. The lowest BCUT2D eigenvalue weighted by atomic mass is 10.2. The molecule has 6 nitrogen and oxygen atoms in total. The number of aromatic nitrogens is 2. The maximum absolute atomic E-state index is 12.7. The van der Waals surface area contributed by atoms with Gasteiger partial charge in [-0.25, -0.2) is 4.68 Å². The van der Waals surface area contributed by atoms with Crippen molar-refractivity contribution in [2.45, 2.75) is 33.3 Å². The highest BCUT2D eigenvalue weighted by Crippen LogP contribution is 2.25. The predicted molar refractivity (Wildman–Crippen MR) is 104 cm³/mol. The molecule has 6 heteroatoms. The molecular weight excluding hydrogens is 342 g/mol. The van der Waals surface area contributed by atoms with Crippen LogP contribution in [0.1, 0.15) is 36.4 Å². The molecule has 1 amide bonds. The predicted octanol–water partition coefficient (Wildman–Crippen LogP) is 3.99. The molecule has 1 aromatic carbocycles. The summed E-state index contributed by atoms with van der Waals surface area (Å²) in [4.78, 5) is 12.7. The summed E-state index contributed by atoms with van der Waals surface area (Å²) in [6, 6.07) is 13.4. The Labute approximate surface area is 159 Å². The summed E-state index contributed by atoms with van der Waals surface area (Å²) in [5, 5.41) is 7.53. The number of rotatable bonds is 8. The van der Waals surface area contributed by atoms with E-state index in [9.17, 15) is 4.79 Å². The Balaban J connectivity index is 1.80. The van der Waals surface area contributed by atoms with Crippen LogP contribution < -0.4 is 5.32 Å². The van der Waals surface area contributed by atoms with Gasteiger partial charge >= 0.3 is 0 Å². The zero-order valence-corrected chi connectivity index (χ0v) is 15.9. The molecule has 2 heterocycles. The molecule has 0 unspecified atom stereocenters. The maximum Gasteiger partial charge on any atom is 0.255 e. The highest BCUT2D eigenvalue weighted by atomic mass is 16.5. The first-order chi connectivity index (χ1) is 13.0. The fourth-order valence-electron chi connectivity index (χ4n) is 2.69. The SMILES string of the molecule is Cc1ccc(-c2nn(-c3ccccc3)cc2C(=O)NCCCOC(C)C)o1. The highest BCUT2D eigenvalue weighted by Gasteiger charge is 2.20. The van der Waals surface area contributed by atoms with Crippen molar-refractivity contribution in [3.05, 3.63) is 60.0 Å². The van der Waals surface area contributed by atoms with Gasteiger partial charge in [0.1, 0.15) is 11.5 Å². The van der Waals surface area contributed by atoms with Gasteiger partial charge in [-0.3, -0.25) is 4.79 Å². The number of hydrogen-bond donors (Lipinski definition) is 1. The molecule has 0 fully saturated rings. The van der Waals surface area contributed by atoms with Crippen LogP contribution in [0, 0.1) is 6.92 Å². The number of hydrogen-bond acceptors (Lipinski definition) is 4. The molecule has 0 radical (unpaired) electrons. The van der Waals surface area contributed by atoms with E-state index in [1.165, 1.54) is 0 Å². The number of carbonyl (C=O) groups is 1. The van der Waals surface area contributed by atoms with Crippen molar-refractivity contribution < 1.29 is 13.9 Å². The standard InChI is InChI=1S/C21H25N3O3/c1-15(2)26-13-7-12-22-21(25)18-14-24(17-8-5-4-6-9-17)23-20(18)19-11-10-16(3)27-19/h4-6,8-11,14-15H,7,12-13H2,1-3H3,(H,22,25). The minimum absolute atomic E-state index is 0.175. The second kappa shape index (κ2) is 8.68. The molecule has 1 N–H and O–H groups in total. The monoisotopic (exact) mass is 367 g/mol. The smallest absolute Gasteiger partial charge is 0.255 e. The Bertz CT molecular complexity index is 881. The van der Waals surface area contributed by atoms with Gasteiger partial charge in [-0.2, -0.15) is 5.10 Å². The van der Waals surface area contributed by atoms with E-state index in [4.69, 9.17) is 9.15 Å². The highest BCUT2D eigenvalue weighted by molar-refractivity contribution is 5.99. The summed E-state index contributed by atoms with van der Waals surface area (Å²) in [6.07, 6.45) is 2.69. The Morgan fingerprint density at radius 3 is 2.67 bits per heavy atom. The third kappa shape index (κ3) is 4.86. The van der Waals surface area contributed by atoms with E-state index in [1.807, 2.05) is 63.2 Å². The molecule has 0 bridgehead atoms. The number of ether oxygens (including phenoxy) is 1. The molecule has 0 spiro atoms. The topological polar surface area (TPSA) is 69.3 Å². The number of furan rings is 1. The molecule has 27 heavy (non-hydrogen) atoms. The molecule has 0 aliphatic heterocycles. The quantitative estimate of drug-likeness (QED) is 0.611. The van der Waals surface area contributed by atoms with Gasteiger partial charge in [-0.15, -0.1) is 0 Å². The van der Waals surface area contributed by atoms with Crippen molar-refractivity contribution in [2.75, 3.05) is 13.2 Å². The lowest BCUT2D eigenvalue weighted by molar-refractivity contribution is 0.0757. The number of benzene rings is 1. The molecule has 142 valence electrons. The van der Waals surface area contributed by atoms with Crippen LogP contribution >= 0.6 is 0 Å². The molecule has 3 rings (SSSR count). The summed E-state index contributed by atoms with van der Waals surface area (Å²) < 4.78 is 12.9. The average molecular weight is 367 g/mol. The van der Waals surface area contributed by atoms with Gasteiger partial charge in [0.05, 0.1) is 17.4 Å². The van der Waals surface area contributed by atoms with Gasteiger partial charge in [0.25, 0.3) is 5.91 Å². The summed E-state index contributed by atoms with van der Waals surface area (Å²) >= 11 is 0. The van der Waals surface area contributed by atoms with Gasteiger partial charge < -0.3 is 14.5 Å². The first-order valence-corrected chi connectivity index (χ1v) is 9.16. The van der Waals surface area contributed by atoms with E-state index in [-0.39, 0.29) is 12.0 Å². The number of nitrogens with one attached hydrogen (secondary N) is 1. The van der Waals surface area contributed by atoms with Crippen LogP contribution in [-0.4, -0.2) is 34.9 Å². The molecule has 3 aromatic rings. The fourth-order valence-corrected chi connectivity index (χ4v) is 2.69. The Hall–Kier alpha value is -2.86. The molecule has 0 aliphatic carbocycles.